The number of hydrogen-bond donors (Lipinski definition) is 2. The molecule has 1 aromatic carbocycles. The maximum absolute atomic E-state index is 12.1. The number of carbonyl (C=O) groups is 2. The van der Waals surface area contributed by atoms with Gasteiger partial charge in [-0.15, -0.1) is 0 Å². The molecule has 21 heavy (non-hydrogen) atoms. The van der Waals surface area contributed by atoms with Crippen LogP contribution in [0.4, 0.5) is 0 Å². The Balaban J connectivity index is 2.05. The van der Waals surface area contributed by atoms with Crippen molar-refractivity contribution in [1.29, 1.82) is 0 Å². The van der Waals surface area contributed by atoms with Gasteiger partial charge in [-0.05, 0) is 25.5 Å². The second kappa shape index (κ2) is 6.67. The Morgan fingerprint density at radius 3 is 2.81 bits per heavy atom. The molecule has 2 rings (SSSR count). The fourth-order valence-corrected chi connectivity index (χ4v) is 2.23. The molecule has 1 aliphatic heterocycles. The van der Waals surface area contributed by atoms with E-state index in [1.807, 2.05) is 0 Å². The van der Waals surface area contributed by atoms with Gasteiger partial charge in [0.2, 0.25) is 0 Å². The van der Waals surface area contributed by atoms with Crippen molar-refractivity contribution in [3.05, 3.63) is 22.7 Å². The molecule has 2 N–H and O–H groups in total. The molecule has 1 aliphatic rings. The third kappa shape index (κ3) is 4.01. The second-order valence-corrected chi connectivity index (χ2v) is 5.20. The van der Waals surface area contributed by atoms with Gasteiger partial charge in [-0.25, -0.2) is 0 Å². The van der Waals surface area contributed by atoms with Gasteiger partial charge in [0, 0.05) is 18.0 Å². The average Bonchev–Trinajstić information content (AvgIpc) is 2.45. The lowest BCUT2D eigenvalue weighted by Gasteiger charge is -2.20. The SMILES string of the molecule is CC(CCC(=O)O)NC(=O)c1cc(Cl)c2c(c1)OCCO2. The zero-order valence-corrected chi connectivity index (χ0v) is 12.3. The number of ether oxygens (including phenoxy) is 2. The molecule has 1 amide bonds. The van der Waals surface area contributed by atoms with Crippen molar-refractivity contribution >= 4 is 23.5 Å². The molecule has 0 saturated carbocycles. The number of carboxylic acid groups (broad SMARTS) is 1. The van der Waals surface area contributed by atoms with Gasteiger partial charge in [-0.2, -0.15) is 0 Å². The van der Waals surface area contributed by atoms with Crippen LogP contribution in [0.15, 0.2) is 12.1 Å². The minimum Gasteiger partial charge on any atom is -0.486 e. The first-order chi connectivity index (χ1) is 9.97. The summed E-state index contributed by atoms with van der Waals surface area (Å²) in [6.45, 7) is 2.58. The van der Waals surface area contributed by atoms with Gasteiger partial charge in [0.1, 0.15) is 13.2 Å². The summed E-state index contributed by atoms with van der Waals surface area (Å²) in [6, 6.07) is 2.83. The van der Waals surface area contributed by atoms with Crippen LogP contribution in [0, 0.1) is 0 Å². The molecule has 0 aliphatic carbocycles. The summed E-state index contributed by atoms with van der Waals surface area (Å²) in [4.78, 5) is 22.6. The van der Waals surface area contributed by atoms with Crippen LogP contribution in [0.25, 0.3) is 0 Å². The van der Waals surface area contributed by atoms with E-state index in [2.05, 4.69) is 5.32 Å². The molecule has 1 aromatic rings. The summed E-state index contributed by atoms with van der Waals surface area (Å²) in [7, 11) is 0. The van der Waals surface area contributed by atoms with Crippen LogP contribution in [0.2, 0.25) is 5.02 Å². The van der Waals surface area contributed by atoms with Crippen molar-refractivity contribution in [2.24, 2.45) is 0 Å². The Kier molecular flexibility index (Phi) is 4.90. The topological polar surface area (TPSA) is 84.9 Å². The highest BCUT2D eigenvalue weighted by molar-refractivity contribution is 6.32. The molecule has 114 valence electrons. The number of aliphatic carboxylic acids is 1. The van der Waals surface area contributed by atoms with Crippen LogP contribution in [-0.2, 0) is 4.79 Å². The maximum Gasteiger partial charge on any atom is 0.303 e. The van der Waals surface area contributed by atoms with E-state index in [9.17, 15) is 9.59 Å². The lowest BCUT2D eigenvalue weighted by atomic mass is 10.1. The van der Waals surface area contributed by atoms with Crippen molar-refractivity contribution < 1.29 is 24.2 Å². The zero-order chi connectivity index (χ0) is 15.4. The summed E-state index contributed by atoms with van der Waals surface area (Å²) in [5.74, 6) is -0.333. The molecular weight excluding hydrogens is 298 g/mol. The number of hydrogen-bond acceptors (Lipinski definition) is 4. The van der Waals surface area contributed by atoms with E-state index in [-0.39, 0.29) is 18.4 Å². The maximum atomic E-state index is 12.1. The first-order valence-corrected chi connectivity index (χ1v) is 6.97. The van der Waals surface area contributed by atoms with Gasteiger partial charge in [-0.3, -0.25) is 9.59 Å². The summed E-state index contributed by atoms with van der Waals surface area (Å²) in [5, 5.41) is 11.7. The van der Waals surface area contributed by atoms with Gasteiger partial charge in [0.25, 0.3) is 5.91 Å². The molecule has 0 fully saturated rings. The van der Waals surface area contributed by atoms with Gasteiger partial charge < -0.3 is 19.9 Å². The van der Waals surface area contributed by atoms with E-state index in [4.69, 9.17) is 26.2 Å². The van der Waals surface area contributed by atoms with E-state index in [0.29, 0.717) is 41.7 Å². The quantitative estimate of drug-likeness (QED) is 0.869. The Morgan fingerprint density at radius 1 is 1.38 bits per heavy atom. The Labute approximate surface area is 127 Å². The van der Waals surface area contributed by atoms with Crippen LogP contribution < -0.4 is 14.8 Å². The third-order valence-corrected chi connectivity index (χ3v) is 3.31. The number of benzene rings is 1. The predicted molar refractivity (Wildman–Crippen MR) is 76.2 cm³/mol. The molecule has 0 radical (unpaired) electrons. The Hall–Kier alpha value is -1.95. The molecule has 1 unspecified atom stereocenters. The Morgan fingerprint density at radius 2 is 2.10 bits per heavy atom. The van der Waals surface area contributed by atoms with Crippen molar-refractivity contribution in [1.82, 2.24) is 5.32 Å². The fourth-order valence-electron chi connectivity index (χ4n) is 1.96. The first-order valence-electron chi connectivity index (χ1n) is 6.59. The Bertz CT molecular complexity index is 561. The van der Waals surface area contributed by atoms with Crippen LogP contribution in [0.5, 0.6) is 11.5 Å². The first kappa shape index (κ1) is 15.4. The fraction of sp³-hybridized carbons (Fsp3) is 0.429. The van der Waals surface area contributed by atoms with Crippen LogP contribution in [0.1, 0.15) is 30.1 Å². The largest absolute Gasteiger partial charge is 0.486 e. The number of carboxylic acids is 1. The molecule has 0 bridgehead atoms. The highest BCUT2D eigenvalue weighted by Crippen LogP contribution is 2.38. The van der Waals surface area contributed by atoms with E-state index >= 15 is 0 Å². The van der Waals surface area contributed by atoms with Crippen LogP contribution >= 0.6 is 11.6 Å². The third-order valence-electron chi connectivity index (χ3n) is 3.03. The second-order valence-electron chi connectivity index (χ2n) is 4.79. The van der Waals surface area contributed by atoms with Gasteiger partial charge in [0.05, 0.1) is 5.02 Å². The highest BCUT2D eigenvalue weighted by Gasteiger charge is 2.20. The standard InChI is InChI=1S/C14H16ClNO5/c1-8(2-3-12(17)18)16-14(19)9-6-10(15)13-11(7-9)20-4-5-21-13/h6-8H,2-5H2,1H3,(H,16,19)(H,17,18). The van der Waals surface area contributed by atoms with Gasteiger partial charge in [0.15, 0.2) is 11.5 Å². The van der Waals surface area contributed by atoms with Crippen molar-refractivity contribution in [2.45, 2.75) is 25.8 Å². The average molecular weight is 314 g/mol. The van der Waals surface area contributed by atoms with Crippen molar-refractivity contribution in [2.75, 3.05) is 13.2 Å². The lowest BCUT2D eigenvalue weighted by molar-refractivity contribution is -0.137. The molecule has 1 atom stereocenters. The van der Waals surface area contributed by atoms with E-state index in [1.54, 1.807) is 13.0 Å². The molecule has 1 heterocycles. The number of halogens is 1. The van der Waals surface area contributed by atoms with E-state index in [0.717, 1.165) is 0 Å². The normalized spacial score (nSPS) is 14.4. The number of carbonyl (C=O) groups excluding carboxylic acids is 1. The molecule has 0 saturated heterocycles. The molecule has 0 aromatic heterocycles. The summed E-state index contributed by atoms with van der Waals surface area (Å²) < 4.78 is 10.8. The van der Waals surface area contributed by atoms with Gasteiger partial charge >= 0.3 is 5.97 Å². The zero-order valence-electron chi connectivity index (χ0n) is 11.5. The number of rotatable bonds is 5. The van der Waals surface area contributed by atoms with Crippen molar-refractivity contribution in [3.8, 4) is 11.5 Å². The monoisotopic (exact) mass is 313 g/mol. The molecule has 7 heteroatoms. The summed E-state index contributed by atoms with van der Waals surface area (Å²) in [6.07, 6.45) is 0.364. The van der Waals surface area contributed by atoms with Crippen LogP contribution in [0.3, 0.4) is 0 Å². The smallest absolute Gasteiger partial charge is 0.303 e. The van der Waals surface area contributed by atoms with E-state index < -0.39 is 5.97 Å². The van der Waals surface area contributed by atoms with Crippen molar-refractivity contribution in [3.63, 3.8) is 0 Å². The molecule has 6 nitrogen and oxygen atoms in total. The predicted octanol–water partition coefficient (Wildman–Crippen LogP) is 2.09. The number of amides is 1. The van der Waals surface area contributed by atoms with E-state index in [1.165, 1.54) is 6.07 Å². The minimum atomic E-state index is -0.890. The minimum absolute atomic E-state index is 0.00332. The lowest BCUT2D eigenvalue weighted by Crippen LogP contribution is -2.33. The number of fused-ring (bicyclic) bond motifs is 1. The molecule has 0 spiro atoms. The van der Waals surface area contributed by atoms with Crippen LogP contribution in [-0.4, -0.2) is 36.2 Å². The highest BCUT2D eigenvalue weighted by atomic mass is 35.5. The summed E-state index contributed by atoms with van der Waals surface area (Å²) >= 11 is 6.07. The van der Waals surface area contributed by atoms with Gasteiger partial charge in [-0.1, -0.05) is 11.6 Å². The summed E-state index contributed by atoms with van der Waals surface area (Å²) in [5.41, 5.74) is 0.353. The molecular formula is C14H16ClNO5. The number of nitrogens with one attached hydrogen (secondary N) is 1.